The standard InChI is InChI=1S/C25H22F2N4O/c26-19-6-1-4-17(14-19)9-10-23(32)22-16-28-24-11-12-25(29-31(22)24)30-13-3-8-21(30)18-5-2-7-20(27)15-18/h1-2,4-7,11-12,14-16,21H,3,8-10,13H2/t21-/m1/s1. The number of aromatic nitrogens is 3. The Bertz CT molecular complexity index is 1290. The lowest BCUT2D eigenvalue weighted by Crippen LogP contribution is -2.24. The predicted molar refractivity (Wildman–Crippen MR) is 118 cm³/mol. The third-order valence-electron chi connectivity index (χ3n) is 5.94. The molecule has 0 unspecified atom stereocenters. The number of ketones is 1. The monoisotopic (exact) mass is 432 g/mol. The molecule has 3 heterocycles. The minimum atomic E-state index is -0.311. The van der Waals surface area contributed by atoms with Gasteiger partial charge in [0.05, 0.1) is 12.2 Å². The summed E-state index contributed by atoms with van der Waals surface area (Å²) in [6.45, 7) is 0.803. The molecular weight excluding hydrogens is 410 g/mol. The first-order valence-electron chi connectivity index (χ1n) is 10.7. The van der Waals surface area contributed by atoms with Gasteiger partial charge >= 0.3 is 0 Å². The summed E-state index contributed by atoms with van der Waals surface area (Å²) in [5, 5.41) is 4.71. The topological polar surface area (TPSA) is 50.5 Å². The van der Waals surface area contributed by atoms with E-state index in [0.717, 1.165) is 36.3 Å². The first-order chi connectivity index (χ1) is 15.6. The zero-order valence-corrected chi connectivity index (χ0v) is 17.4. The minimum absolute atomic E-state index is 0.0336. The lowest BCUT2D eigenvalue weighted by molar-refractivity contribution is 0.0976. The molecule has 0 spiro atoms. The normalized spacial score (nSPS) is 16.1. The first kappa shape index (κ1) is 20.3. The largest absolute Gasteiger partial charge is 0.348 e. The van der Waals surface area contributed by atoms with Gasteiger partial charge in [-0.05, 0) is 66.8 Å². The third kappa shape index (κ3) is 3.98. The van der Waals surface area contributed by atoms with E-state index in [0.29, 0.717) is 17.8 Å². The molecule has 2 aromatic carbocycles. The number of benzene rings is 2. The highest BCUT2D eigenvalue weighted by molar-refractivity contribution is 5.95. The van der Waals surface area contributed by atoms with Crippen LogP contribution < -0.4 is 4.90 Å². The molecule has 0 saturated carbocycles. The number of nitrogens with zero attached hydrogens (tertiary/aromatic N) is 4. The van der Waals surface area contributed by atoms with E-state index in [1.54, 1.807) is 28.8 Å². The Morgan fingerprint density at radius 3 is 2.66 bits per heavy atom. The summed E-state index contributed by atoms with van der Waals surface area (Å²) in [5.41, 5.74) is 2.68. The molecule has 1 saturated heterocycles. The number of imidazole rings is 1. The summed E-state index contributed by atoms with van der Waals surface area (Å²) in [7, 11) is 0. The van der Waals surface area contributed by atoms with Gasteiger partial charge in [-0.25, -0.2) is 18.3 Å². The lowest BCUT2D eigenvalue weighted by atomic mass is 10.0. The highest BCUT2D eigenvalue weighted by Gasteiger charge is 2.28. The number of halogens is 2. The van der Waals surface area contributed by atoms with Crippen LogP contribution in [0.3, 0.4) is 0 Å². The van der Waals surface area contributed by atoms with Crippen molar-refractivity contribution >= 4 is 17.2 Å². The van der Waals surface area contributed by atoms with Crippen molar-refractivity contribution in [3.63, 3.8) is 0 Å². The van der Waals surface area contributed by atoms with Gasteiger partial charge < -0.3 is 4.90 Å². The van der Waals surface area contributed by atoms with Crippen LogP contribution in [0.1, 0.15) is 46.9 Å². The number of rotatable bonds is 6. The Morgan fingerprint density at radius 2 is 1.84 bits per heavy atom. The van der Waals surface area contributed by atoms with Crippen molar-refractivity contribution in [3.8, 4) is 0 Å². The number of hydrogen-bond donors (Lipinski definition) is 0. The zero-order valence-electron chi connectivity index (χ0n) is 17.4. The molecule has 4 aromatic rings. The van der Waals surface area contributed by atoms with E-state index in [2.05, 4.69) is 9.88 Å². The van der Waals surface area contributed by atoms with Crippen LogP contribution in [0, 0.1) is 11.6 Å². The van der Waals surface area contributed by atoms with E-state index < -0.39 is 0 Å². The molecule has 5 rings (SSSR count). The molecule has 0 bridgehead atoms. The maximum atomic E-state index is 13.8. The molecule has 0 aliphatic carbocycles. The first-order valence-corrected chi connectivity index (χ1v) is 10.7. The summed E-state index contributed by atoms with van der Waals surface area (Å²) in [6, 6.07) is 16.7. The van der Waals surface area contributed by atoms with Crippen LogP contribution in [-0.2, 0) is 6.42 Å². The Kier molecular flexibility index (Phi) is 5.39. The number of fused-ring (bicyclic) bond motifs is 1. The number of hydrogen-bond acceptors (Lipinski definition) is 4. The van der Waals surface area contributed by atoms with Gasteiger partial charge in [0.1, 0.15) is 23.1 Å². The molecule has 1 atom stereocenters. The minimum Gasteiger partial charge on any atom is -0.348 e. The van der Waals surface area contributed by atoms with E-state index in [-0.39, 0.29) is 29.9 Å². The SMILES string of the molecule is O=C(CCc1cccc(F)c1)c1cnc2ccc(N3CCC[C@@H]3c3cccc(F)c3)nn12. The number of carbonyl (C=O) groups is 1. The van der Waals surface area contributed by atoms with Crippen LogP contribution in [-0.4, -0.2) is 26.9 Å². The maximum absolute atomic E-state index is 13.8. The molecule has 7 heteroatoms. The summed E-state index contributed by atoms with van der Waals surface area (Å²) in [6.07, 6.45) is 4.10. The van der Waals surface area contributed by atoms with Crippen LogP contribution in [0.15, 0.2) is 66.9 Å². The van der Waals surface area contributed by atoms with Gasteiger partial charge in [-0.2, -0.15) is 0 Å². The van der Waals surface area contributed by atoms with Crippen molar-refractivity contribution in [2.24, 2.45) is 0 Å². The molecular formula is C25H22F2N4O. The van der Waals surface area contributed by atoms with Crippen molar-refractivity contribution in [3.05, 3.63) is 95.3 Å². The molecule has 1 aliphatic rings. The second-order valence-corrected chi connectivity index (χ2v) is 8.06. The quantitative estimate of drug-likeness (QED) is 0.395. The van der Waals surface area contributed by atoms with Gasteiger partial charge in [0.15, 0.2) is 11.4 Å². The van der Waals surface area contributed by atoms with Crippen LogP contribution in [0.25, 0.3) is 5.65 Å². The third-order valence-corrected chi connectivity index (χ3v) is 5.94. The Morgan fingerprint density at radius 1 is 1.03 bits per heavy atom. The average Bonchev–Trinajstić information content (AvgIpc) is 3.44. The number of carbonyl (C=O) groups excluding carboxylic acids is 1. The second kappa shape index (κ2) is 8.49. The second-order valence-electron chi connectivity index (χ2n) is 8.06. The molecule has 0 radical (unpaired) electrons. The lowest BCUT2D eigenvalue weighted by Gasteiger charge is -2.26. The zero-order chi connectivity index (χ0) is 22.1. The van der Waals surface area contributed by atoms with Gasteiger partial charge in [-0.1, -0.05) is 24.3 Å². The fourth-order valence-electron chi connectivity index (χ4n) is 4.39. The van der Waals surface area contributed by atoms with Crippen molar-refractivity contribution in [2.45, 2.75) is 31.7 Å². The molecule has 32 heavy (non-hydrogen) atoms. The predicted octanol–water partition coefficient (Wildman–Crippen LogP) is 5.16. The smallest absolute Gasteiger partial charge is 0.183 e. The summed E-state index contributed by atoms with van der Waals surface area (Å²) >= 11 is 0. The molecule has 5 nitrogen and oxygen atoms in total. The van der Waals surface area contributed by atoms with Gasteiger partial charge in [0.25, 0.3) is 0 Å². The fraction of sp³-hybridized carbons (Fsp3) is 0.240. The fourth-order valence-corrected chi connectivity index (χ4v) is 4.39. The average molecular weight is 432 g/mol. The van der Waals surface area contributed by atoms with E-state index >= 15 is 0 Å². The Hall–Kier alpha value is -3.61. The van der Waals surface area contributed by atoms with E-state index in [1.807, 2.05) is 18.2 Å². The molecule has 1 aliphatic heterocycles. The van der Waals surface area contributed by atoms with Crippen molar-refractivity contribution in [2.75, 3.05) is 11.4 Å². The Labute approximate surface area is 184 Å². The molecule has 2 aromatic heterocycles. The highest BCUT2D eigenvalue weighted by Crippen LogP contribution is 2.35. The van der Waals surface area contributed by atoms with Crippen molar-refractivity contribution < 1.29 is 13.6 Å². The maximum Gasteiger partial charge on any atom is 0.183 e. The molecule has 0 N–H and O–H groups in total. The van der Waals surface area contributed by atoms with Crippen molar-refractivity contribution in [1.82, 2.24) is 14.6 Å². The van der Waals surface area contributed by atoms with Gasteiger partial charge in [0.2, 0.25) is 0 Å². The van der Waals surface area contributed by atoms with Gasteiger partial charge in [-0.3, -0.25) is 4.79 Å². The van der Waals surface area contributed by atoms with E-state index in [4.69, 9.17) is 5.10 Å². The summed E-state index contributed by atoms with van der Waals surface area (Å²) in [4.78, 5) is 19.3. The van der Waals surface area contributed by atoms with Crippen molar-refractivity contribution in [1.29, 1.82) is 0 Å². The summed E-state index contributed by atoms with van der Waals surface area (Å²) < 4.78 is 28.8. The molecule has 162 valence electrons. The highest BCUT2D eigenvalue weighted by atomic mass is 19.1. The number of anilines is 1. The molecule has 0 amide bonds. The van der Waals surface area contributed by atoms with Crippen LogP contribution in [0.2, 0.25) is 0 Å². The van der Waals surface area contributed by atoms with Gasteiger partial charge in [-0.15, -0.1) is 5.10 Å². The van der Waals surface area contributed by atoms with E-state index in [9.17, 15) is 13.6 Å². The number of aryl methyl sites for hydroxylation is 1. The Balaban J connectivity index is 1.40. The van der Waals surface area contributed by atoms with Crippen LogP contribution in [0.5, 0.6) is 0 Å². The summed E-state index contributed by atoms with van der Waals surface area (Å²) in [5.74, 6) is 0.0593. The van der Waals surface area contributed by atoms with Crippen LogP contribution >= 0.6 is 0 Å². The molecule has 1 fully saturated rings. The van der Waals surface area contributed by atoms with E-state index in [1.165, 1.54) is 24.4 Å². The van der Waals surface area contributed by atoms with Gasteiger partial charge in [0, 0.05) is 13.0 Å². The van der Waals surface area contributed by atoms with Crippen LogP contribution in [0.4, 0.5) is 14.6 Å². The number of Topliss-reactive ketones (excluding diaryl/α,β-unsaturated/α-hetero) is 1.